The minimum Gasteiger partial charge on any atom is -0.505 e. The average Bonchev–Trinajstić information content (AvgIpc) is 3.43. The van der Waals surface area contributed by atoms with Crippen LogP contribution in [0.4, 0.5) is 0 Å². The lowest BCUT2D eigenvalue weighted by Gasteiger charge is -2.33. The Bertz CT molecular complexity index is 1100. The lowest BCUT2D eigenvalue weighted by atomic mass is 9.76. The van der Waals surface area contributed by atoms with Gasteiger partial charge in [0.05, 0.1) is 25.0 Å². The Morgan fingerprint density at radius 3 is 2.50 bits per heavy atom. The second-order valence-corrected chi connectivity index (χ2v) is 10.3. The van der Waals surface area contributed by atoms with Gasteiger partial charge in [0.2, 0.25) is 0 Å². The molecule has 8 nitrogen and oxygen atoms in total. The van der Waals surface area contributed by atoms with Gasteiger partial charge in [-0.3, -0.25) is 14.4 Å². The van der Waals surface area contributed by atoms with Crippen molar-refractivity contribution in [1.82, 2.24) is 10.3 Å². The Hall–Kier alpha value is -3.42. The van der Waals surface area contributed by atoms with Crippen molar-refractivity contribution in [2.75, 3.05) is 13.2 Å². The van der Waals surface area contributed by atoms with Crippen molar-refractivity contribution in [3.63, 3.8) is 0 Å². The number of aromatic hydroxyl groups is 1. The number of nitrogens with one attached hydrogen (secondary N) is 1. The number of amides is 1. The van der Waals surface area contributed by atoms with E-state index in [2.05, 4.69) is 10.3 Å². The Balaban J connectivity index is 1.47. The number of aromatic nitrogens is 1. The van der Waals surface area contributed by atoms with Gasteiger partial charge < -0.3 is 19.9 Å². The number of hydrogen-bond acceptors (Lipinski definition) is 7. The van der Waals surface area contributed by atoms with Gasteiger partial charge in [0.15, 0.2) is 5.69 Å². The molecule has 1 aromatic carbocycles. The van der Waals surface area contributed by atoms with Crippen molar-refractivity contribution in [2.45, 2.75) is 46.1 Å². The highest BCUT2D eigenvalue weighted by molar-refractivity contribution is 5.95. The molecule has 2 aliphatic rings. The highest BCUT2D eigenvalue weighted by Crippen LogP contribution is 2.53. The summed E-state index contributed by atoms with van der Waals surface area (Å²) in [5, 5.41) is 13.2. The Labute approximate surface area is 211 Å². The van der Waals surface area contributed by atoms with Crippen molar-refractivity contribution in [2.24, 2.45) is 29.6 Å². The maximum absolute atomic E-state index is 13.3. The topological polar surface area (TPSA) is 115 Å². The molecule has 2 bridgehead atoms. The fourth-order valence-electron chi connectivity index (χ4n) is 5.50. The molecule has 192 valence electrons. The normalized spacial score (nSPS) is 24.5. The van der Waals surface area contributed by atoms with E-state index in [4.69, 9.17) is 9.47 Å². The highest BCUT2D eigenvalue weighted by Gasteiger charge is 2.59. The lowest BCUT2D eigenvalue weighted by molar-refractivity contribution is -0.164. The van der Waals surface area contributed by atoms with E-state index in [0.29, 0.717) is 31.4 Å². The SMILES string of the molecule is Cc1ccnc(C(=O)N[C@@H]2CC3CC2[C@@H](C(=O)OCCc2ccccc2)[C@H]3C(=O)OCC(C)C)c1O. The van der Waals surface area contributed by atoms with E-state index in [-0.39, 0.29) is 47.8 Å². The van der Waals surface area contributed by atoms with Crippen molar-refractivity contribution < 1.29 is 29.0 Å². The van der Waals surface area contributed by atoms with Crippen molar-refractivity contribution in [3.05, 3.63) is 59.4 Å². The van der Waals surface area contributed by atoms with Crippen molar-refractivity contribution >= 4 is 17.8 Å². The van der Waals surface area contributed by atoms with Crippen LogP contribution in [0.25, 0.3) is 0 Å². The number of aryl methyl sites for hydroxylation is 1. The zero-order valence-corrected chi connectivity index (χ0v) is 21.0. The molecule has 2 unspecified atom stereocenters. The van der Waals surface area contributed by atoms with E-state index in [1.54, 1.807) is 13.0 Å². The first-order chi connectivity index (χ1) is 17.3. The van der Waals surface area contributed by atoms with Crippen LogP contribution in [0.3, 0.4) is 0 Å². The van der Waals surface area contributed by atoms with E-state index < -0.39 is 23.7 Å². The molecule has 2 aromatic rings. The van der Waals surface area contributed by atoms with Crippen LogP contribution in [0, 0.1) is 36.5 Å². The summed E-state index contributed by atoms with van der Waals surface area (Å²) in [6.07, 6.45) is 3.23. The minimum absolute atomic E-state index is 0.0485. The summed E-state index contributed by atoms with van der Waals surface area (Å²) in [5.41, 5.74) is 1.56. The van der Waals surface area contributed by atoms with Gasteiger partial charge >= 0.3 is 11.9 Å². The first-order valence-electron chi connectivity index (χ1n) is 12.6. The maximum Gasteiger partial charge on any atom is 0.310 e. The molecule has 8 heteroatoms. The van der Waals surface area contributed by atoms with Crippen LogP contribution in [0.5, 0.6) is 5.75 Å². The molecule has 1 amide bonds. The summed E-state index contributed by atoms with van der Waals surface area (Å²) in [7, 11) is 0. The van der Waals surface area contributed by atoms with Gasteiger partial charge in [-0.25, -0.2) is 4.98 Å². The van der Waals surface area contributed by atoms with Gasteiger partial charge in [-0.05, 0) is 54.7 Å². The number of rotatable bonds is 9. The van der Waals surface area contributed by atoms with Crippen LogP contribution in [-0.2, 0) is 25.5 Å². The molecular formula is C28H34N2O6. The van der Waals surface area contributed by atoms with Gasteiger partial charge in [-0.1, -0.05) is 44.2 Å². The number of ether oxygens (including phenoxy) is 2. The van der Waals surface area contributed by atoms with Crippen molar-refractivity contribution in [1.29, 1.82) is 0 Å². The number of nitrogens with zero attached hydrogens (tertiary/aromatic N) is 1. The third kappa shape index (κ3) is 5.53. The lowest BCUT2D eigenvalue weighted by Crippen LogP contribution is -2.48. The third-order valence-corrected chi connectivity index (χ3v) is 7.24. The van der Waals surface area contributed by atoms with E-state index in [0.717, 1.165) is 5.56 Å². The zero-order valence-electron chi connectivity index (χ0n) is 21.0. The van der Waals surface area contributed by atoms with Crippen LogP contribution in [0.1, 0.15) is 48.3 Å². The monoisotopic (exact) mass is 494 g/mol. The molecule has 4 rings (SSSR count). The summed E-state index contributed by atoms with van der Waals surface area (Å²) in [5.74, 6) is -2.90. The molecule has 2 N–H and O–H groups in total. The van der Waals surface area contributed by atoms with Crippen LogP contribution in [-0.4, -0.2) is 47.2 Å². The van der Waals surface area contributed by atoms with Crippen LogP contribution in [0.2, 0.25) is 0 Å². The Morgan fingerprint density at radius 2 is 1.78 bits per heavy atom. The summed E-state index contributed by atoms with van der Waals surface area (Å²) in [6.45, 7) is 6.12. The molecule has 1 aromatic heterocycles. The number of hydrogen-bond donors (Lipinski definition) is 2. The van der Waals surface area contributed by atoms with Crippen LogP contribution in [0.15, 0.2) is 42.6 Å². The molecule has 2 aliphatic carbocycles. The Morgan fingerprint density at radius 1 is 1.06 bits per heavy atom. The standard InChI is InChI=1S/C28H34N2O6/c1-16(2)15-36-27(33)22-19-13-20(23(22)28(34)35-12-10-18-7-5-4-6-8-18)21(14-19)30-26(32)24-25(31)17(3)9-11-29-24/h4-9,11,16,19-23,31H,10,12-15H2,1-3H3,(H,30,32)/t19?,20?,21-,22+,23-/m1/s1. The van der Waals surface area contributed by atoms with E-state index in [1.165, 1.54) is 6.20 Å². The summed E-state index contributed by atoms with van der Waals surface area (Å²) >= 11 is 0. The molecule has 0 spiro atoms. The van der Waals surface area contributed by atoms with E-state index in [9.17, 15) is 19.5 Å². The predicted octanol–water partition coefficient (Wildman–Crippen LogP) is 3.45. The number of pyridine rings is 1. The minimum atomic E-state index is -0.691. The fraction of sp³-hybridized carbons (Fsp3) is 0.500. The smallest absolute Gasteiger partial charge is 0.310 e. The molecule has 2 fully saturated rings. The number of carbonyl (C=O) groups is 3. The van der Waals surface area contributed by atoms with Gasteiger partial charge in [-0.15, -0.1) is 0 Å². The maximum atomic E-state index is 13.3. The number of benzene rings is 1. The molecule has 36 heavy (non-hydrogen) atoms. The predicted molar refractivity (Wildman–Crippen MR) is 132 cm³/mol. The largest absolute Gasteiger partial charge is 0.505 e. The molecule has 1 heterocycles. The number of esters is 2. The highest BCUT2D eigenvalue weighted by atomic mass is 16.5. The molecule has 2 saturated carbocycles. The average molecular weight is 495 g/mol. The summed E-state index contributed by atoms with van der Waals surface area (Å²) in [4.78, 5) is 43.2. The summed E-state index contributed by atoms with van der Waals surface area (Å²) in [6, 6.07) is 11.0. The van der Waals surface area contributed by atoms with E-state index >= 15 is 0 Å². The molecule has 0 saturated heterocycles. The first kappa shape index (κ1) is 25.7. The number of fused-ring (bicyclic) bond motifs is 2. The molecule has 0 aliphatic heterocycles. The van der Waals surface area contributed by atoms with Crippen LogP contribution < -0.4 is 5.32 Å². The zero-order chi connectivity index (χ0) is 25.8. The molecule has 0 radical (unpaired) electrons. The second-order valence-electron chi connectivity index (χ2n) is 10.3. The van der Waals surface area contributed by atoms with Crippen LogP contribution >= 0.6 is 0 Å². The Kier molecular flexibility index (Phi) is 7.91. The van der Waals surface area contributed by atoms with Gasteiger partial charge in [0, 0.05) is 18.7 Å². The first-order valence-corrected chi connectivity index (χ1v) is 12.6. The number of carbonyl (C=O) groups excluding carboxylic acids is 3. The summed E-state index contributed by atoms with van der Waals surface area (Å²) < 4.78 is 11.2. The third-order valence-electron chi connectivity index (χ3n) is 7.24. The van der Waals surface area contributed by atoms with E-state index in [1.807, 2.05) is 44.2 Å². The van der Waals surface area contributed by atoms with Gasteiger partial charge in [0.1, 0.15) is 5.75 Å². The van der Waals surface area contributed by atoms with Gasteiger partial charge in [0.25, 0.3) is 5.91 Å². The quantitative estimate of drug-likeness (QED) is 0.513. The van der Waals surface area contributed by atoms with Crippen molar-refractivity contribution in [3.8, 4) is 5.75 Å². The fourth-order valence-corrected chi connectivity index (χ4v) is 5.50. The molecular weight excluding hydrogens is 460 g/mol. The molecule has 5 atom stereocenters. The van der Waals surface area contributed by atoms with Gasteiger partial charge in [-0.2, -0.15) is 0 Å². The second kappa shape index (κ2) is 11.1.